The molecular formula is C19H13Br2N3O4. The lowest BCUT2D eigenvalue weighted by Gasteiger charge is -2.22. The molecular weight excluding hydrogens is 494 g/mol. The minimum absolute atomic E-state index is 0.0756. The lowest BCUT2D eigenvalue weighted by molar-refractivity contribution is -0.133. The molecule has 4 rings (SSSR count). The third-order valence-corrected chi connectivity index (χ3v) is 5.68. The van der Waals surface area contributed by atoms with E-state index in [0.717, 1.165) is 13.8 Å². The summed E-state index contributed by atoms with van der Waals surface area (Å²) in [6.07, 6.45) is 0. The Bertz CT molecular complexity index is 1000. The van der Waals surface area contributed by atoms with Gasteiger partial charge in [-0.2, -0.15) is 5.10 Å². The number of fused-ring (bicyclic) bond motifs is 1. The molecule has 2 aromatic rings. The first-order valence-corrected chi connectivity index (χ1v) is 9.86. The van der Waals surface area contributed by atoms with Crippen molar-refractivity contribution in [2.75, 3.05) is 17.0 Å². The smallest absolute Gasteiger partial charge is 0.355 e. The molecule has 2 aromatic carbocycles. The normalized spacial score (nSPS) is 21.0. The van der Waals surface area contributed by atoms with Gasteiger partial charge in [-0.25, -0.2) is 9.69 Å². The second kappa shape index (κ2) is 7.14. The number of hydrogen-bond donors (Lipinski definition) is 0. The molecule has 0 bridgehead atoms. The van der Waals surface area contributed by atoms with Gasteiger partial charge in [-0.3, -0.25) is 14.6 Å². The second-order valence-electron chi connectivity index (χ2n) is 6.21. The van der Waals surface area contributed by atoms with Gasteiger partial charge in [0, 0.05) is 8.95 Å². The Morgan fingerprint density at radius 1 is 0.929 bits per heavy atom. The van der Waals surface area contributed by atoms with Crippen molar-refractivity contribution < 1.29 is 19.1 Å². The van der Waals surface area contributed by atoms with Crippen molar-refractivity contribution in [3.63, 3.8) is 0 Å². The minimum Gasteiger partial charge on any atom is -0.464 e. The zero-order valence-corrected chi connectivity index (χ0v) is 17.7. The molecule has 0 radical (unpaired) electrons. The predicted molar refractivity (Wildman–Crippen MR) is 110 cm³/mol. The molecule has 0 N–H and O–H groups in total. The van der Waals surface area contributed by atoms with E-state index in [1.54, 1.807) is 48.5 Å². The number of amides is 2. The summed E-state index contributed by atoms with van der Waals surface area (Å²) in [4.78, 5) is 39.7. The summed E-state index contributed by atoms with van der Waals surface area (Å²) in [5, 5.41) is 5.69. The number of halogens is 2. The molecule has 142 valence electrons. The maximum absolute atomic E-state index is 13.2. The Morgan fingerprint density at radius 2 is 1.46 bits per heavy atom. The number of hydrogen-bond acceptors (Lipinski definition) is 6. The van der Waals surface area contributed by atoms with Gasteiger partial charge in [-0.05, 0) is 48.5 Å². The molecule has 2 unspecified atom stereocenters. The number of carbonyl (C=O) groups excluding carboxylic acids is 3. The van der Waals surface area contributed by atoms with Crippen LogP contribution in [0.4, 0.5) is 11.4 Å². The monoisotopic (exact) mass is 505 g/mol. The average Bonchev–Trinajstić information content (AvgIpc) is 3.20. The summed E-state index contributed by atoms with van der Waals surface area (Å²) in [6, 6.07) is 13.0. The fourth-order valence-corrected chi connectivity index (χ4v) is 3.87. The zero-order valence-electron chi connectivity index (χ0n) is 14.5. The van der Waals surface area contributed by atoms with Crippen LogP contribution in [0.2, 0.25) is 0 Å². The van der Waals surface area contributed by atoms with Crippen molar-refractivity contribution in [1.29, 1.82) is 0 Å². The molecule has 2 aliphatic heterocycles. The van der Waals surface area contributed by atoms with Gasteiger partial charge in [-0.15, -0.1) is 0 Å². The number of benzene rings is 2. The van der Waals surface area contributed by atoms with Crippen LogP contribution in [-0.4, -0.2) is 36.6 Å². The molecule has 2 amide bonds. The second-order valence-corrected chi connectivity index (χ2v) is 8.04. The number of nitrogens with zero attached hydrogens (tertiary/aromatic N) is 3. The number of anilines is 2. The zero-order chi connectivity index (χ0) is 20.0. The number of methoxy groups -OCH3 is 1. The van der Waals surface area contributed by atoms with E-state index in [9.17, 15) is 14.4 Å². The van der Waals surface area contributed by atoms with E-state index < -0.39 is 29.7 Å². The fourth-order valence-electron chi connectivity index (χ4n) is 3.34. The van der Waals surface area contributed by atoms with E-state index in [1.165, 1.54) is 12.1 Å². The lowest BCUT2D eigenvalue weighted by Crippen LogP contribution is -2.39. The van der Waals surface area contributed by atoms with Crippen LogP contribution in [0.15, 0.2) is 62.6 Å². The summed E-state index contributed by atoms with van der Waals surface area (Å²) < 4.78 is 6.47. The number of esters is 1. The Morgan fingerprint density at radius 3 is 2.00 bits per heavy atom. The van der Waals surface area contributed by atoms with E-state index in [1.807, 2.05) is 0 Å². The molecule has 0 aliphatic carbocycles. The van der Waals surface area contributed by atoms with Crippen molar-refractivity contribution in [1.82, 2.24) is 0 Å². The van der Waals surface area contributed by atoms with Gasteiger partial charge in [-0.1, -0.05) is 31.9 Å². The maximum atomic E-state index is 13.2. The highest BCUT2D eigenvalue weighted by Crippen LogP contribution is 2.38. The molecule has 7 nitrogen and oxygen atoms in total. The van der Waals surface area contributed by atoms with E-state index in [-0.39, 0.29) is 5.71 Å². The maximum Gasteiger partial charge on any atom is 0.355 e. The number of imide groups is 1. The number of rotatable bonds is 3. The van der Waals surface area contributed by atoms with Crippen molar-refractivity contribution in [3.05, 3.63) is 57.5 Å². The Hall–Kier alpha value is -2.52. The van der Waals surface area contributed by atoms with Crippen LogP contribution < -0.4 is 9.91 Å². The van der Waals surface area contributed by atoms with Gasteiger partial charge >= 0.3 is 5.97 Å². The highest BCUT2D eigenvalue weighted by atomic mass is 79.9. The van der Waals surface area contributed by atoms with Crippen LogP contribution in [0.5, 0.6) is 0 Å². The molecule has 2 aliphatic rings. The Kier molecular flexibility index (Phi) is 4.80. The largest absolute Gasteiger partial charge is 0.464 e. The van der Waals surface area contributed by atoms with Crippen LogP contribution in [0.3, 0.4) is 0 Å². The van der Waals surface area contributed by atoms with Crippen LogP contribution >= 0.6 is 31.9 Å². The summed E-state index contributed by atoms with van der Waals surface area (Å²) in [7, 11) is 1.22. The average molecular weight is 507 g/mol. The van der Waals surface area contributed by atoms with E-state index in [0.29, 0.717) is 11.4 Å². The van der Waals surface area contributed by atoms with Crippen molar-refractivity contribution in [2.45, 2.75) is 6.04 Å². The van der Waals surface area contributed by atoms with Crippen LogP contribution in [0, 0.1) is 5.92 Å². The topological polar surface area (TPSA) is 79.3 Å². The predicted octanol–water partition coefficient (Wildman–Crippen LogP) is 3.12. The van der Waals surface area contributed by atoms with Crippen LogP contribution in [0.1, 0.15) is 0 Å². The minimum atomic E-state index is -1.02. The molecule has 1 fully saturated rings. The Labute approximate surface area is 177 Å². The Balaban J connectivity index is 1.79. The SMILES string of the molecule is COC(=O)C1=NN(c2ccc(Br)cc2)C2C(=O)N(c3ccc(Br)cc3)C(=O)C12. The van der Waals surface area contributed by atoms with Crippen LogP contribution in [0.25, 0.3) is 0 Å². The third kappa shape index (κ3) is 2.94. The standard InChI is InChI=1S/C19H13Br2N3O4/c1-28-19(27)15-14-16(24(22-15)13-8-4-11(21)5-9-13)18(26)23(17(14)25)12-6-2-10(20)3-7-12/h2-9,14,16H,1H3. The molecule has 0 spiro atoms. The number of ether oxygens (including phenoxy) is 1. The fraction of sp³-hybridized carbons (Fsp3) is 0.158. The van der Waals surface area contributed by atoms with Gasteiger partial charge in [0.25, 0.3) is 5.91 Å². The number of hydrazone groups is 1. The molecule has 9 heteroatoms. The molecule has 28 heavy (non-hydrogen) atoms. The van der Waals surface area contributed by atoms with Gasteiger partial charge in [0.2, 0.25) is 5.91 Å². The first kappa shape index (κ1) is 18.8. The quantitative estimate of drug-likeness (QED) is 0.472. The molecule has 0 aromatic heterocycles. The highest BCUT2D eigenvalue weighted by molar-refractivity contribution is 9.10. The lowest BCUT2D eigenvalue weighted by atomic mass is 9.98. The summed E-state index contributed by atoms with van der Waals surface area (Å²) >= 11 is 6.70. The number of carbonyl (C=O) groups is 3. The molecule has 2 heterocycles. The first-order chi connectivity index (χ1) is 13.4. The van der Waals surface area contributed by atoms with Gasteiger partial charge in [0.15, 0.2) is 5.71 Å². The van der Waals surface area contributed by atoms with Crippen LogP contribution in [-0.2, 0) is 19.1 Å². The van der Waals surface area contributed by atoms with Gasteiger partial charge in [0.1, 0.15) is 12.0 Å². The highest BCUT2D eigenvalue weighted by Gasteiger charge is 2.59. The summed E-state index contributed by atoms with van der Waals surface area (Å²) in [5.41, 5.74) is 0.955. The van der Waals surface area contributed by atoms with Gasteiger partial charge < -0.3 is 4.74 Å². The van der Waals surface area contributed by atoms with E-state index >= 15 is 0 Å². The van der Waals surface area contributed by atoms with Crippen molar-refractivity contribution >= 4 is 66.7 Å². The molecule has 1 saturated heterocycles. The molecule has 0 saturated carbocycles. The summed E-state index contributed by atoms with van der Waals surface area (Å²) in [5.74, 6) is -2.69. The summed E-state index contributed by atoms with van der Waals surface area (Å²) in [6.45, 7) is 0. The van der Waals surface area contributed by atoms with Crippen molar-refractivity contribution in [2.24, 2.45) is 11.0 Å². The molecule has 2 atom stereocenters. The third-order valence-electron chi connectivity index (χ3n) is 4.62. The van der Waals surface area contributed by atoms with E-state index in [4.69, 9.17) is 4.74 Å². The van der Waals surface area contributed by atoms with Crippen molar-refractivity contribution in [3.8, 4) is 0 Å². The first-order valence-electron chi connectivity index (χ1n) is 8.27. The van der Waals surface area contributed by atoms with E-state index in [2.05, 4.69) is 37.0 Å². The van der Waals surface area contributed by atoms with Gasteiger partial charge in [0.05, 0.1) is 18.5 Å².